The number of ether oxygens (including phenoxy) is 1. The quantitative estimate of drug-likeness (QED) is 0.153. The van der Waals surface area contributed by atoms with E-state index in [0.29, 0.717) is 5.57 Å². The number of amides is 4. The third-order valence-electron chi connectivity index (χ3n) is 10.4. The number of imide groups is 2. The van der Waals surface area contributed by atoms with Gasteiger partial charge in [0.2, 0.25) is 11.8 Å². The van der Waals surface area contributed by atoms with Gasteiger partial charge in [-0.05, 0) is 78.9 Å². The Bertz CT molecular complexity index is 2040. The van der Waals surface area contributed by atoms with E-state index in [1.807, 2.05) is 0 Å². The Hall–Kier alpha value is -5.44. The number of carbonyl (C=O) groups is 5. The predicted octanol–water partition coefficient (Wildman–Crippen LogP) is 5.54. The second-order valence-corrected chi connectivity index (χ2v) is 13.6. The number of carboxylic acid groups (broad SMARTS) is 1. The van der Waals surface area contributed by atoms with Crippen LogP contribution in [0.1, 0.15) is 36.3 Å². The van der Waals surface area contributed by atoms with Crippen molar-refractivity contribution in [3.63, 3.8) is 0 Å². The highest BCUT2D eigenvalue weighted by atomic mass is 35.5. The van der Waals surface area contributed by atoms with Crippen molar-refractivity contribution >= 4 is 46.9 Å². The molecule has 3 N–H and O–H groups in total. The first kappa shape index (κ1) is 35.0. The second-order valence-electron chi connectivity index (χ2n) is 13.1. The molecular weight excluding hydrogens is 714 g/mol. The Morgan fingerprint density at radius 3 is 2.31 bits per heavy atom. The van der Waals surface area contributed by atoms with E-state index in [-0.39, 0.29) is 34.7 Å². The van der Waals surface area contributed by atoms with Crippen LogP contribution in [0.25, 0.3) is 0 Å². The van der Waals surface area contributed by atoms with Crippen LogP contribution in [-0.2, 0) is 29.4 Å². The molecule has 3 aromatic rings. The largest absolute Gasteiger partial charge is 0.573 e. The number of alkyl halides is 3. The molecule has 52 heavy (non-hydrogen) atoms. The maximum Gasteiger partial charge on any atom is 0.573 e. The average Bonchev–Trinajstić information content (AvgIpc) is 3.46. The highest BCUT2D eigenvalue weighted by molar-refractivity contribution is 6.30. The van der Waals surface area contributed by atoms with Crippen molar-refractivity contribution in [1.29, 1.82) is 0 Å². The number of phenols is 1. The van der Waals surface area contributed by atoms with Crippen LogP contribution in [0.3, 0.4) is 0 Å². The van der Waals surface area contributed by atoms with Crippen molar-refractivity contribution in [2.75, 3.05) is 12.0 Å². The number of nitrogens with zero attached hydrogens (tertiary/aromatic N) is 2. The monoisotopic (exact) mass is 741 g/mol. The van der Waals surface area contributed by atoms with Gasteiger partial charge in [0, 0.05) is 23.0 Å². The summed E-state index contributed by atoms with van der Waals surface area (Å²) >= 11 is 6.24. The lowest BCUT2D eigenvalue weighted by Gasteiger charge is -2.50. The summed E-state index contributed by atoms with van der Waals surface area (Å²) in [5, 5.41) is 21.7. The Labute approximate surface area is 297 Å². The van der Waals surface area contributed by atoms with Crippen LogP contribution in [-0.4, -0.2) is 62.6 Å². The summed E-state index contributed by atoms with van der Waals surface area (Å²) in [5.41, 5.74) is 1.22. The number of allylic oxidation sites excluding steroid dienone is 2. The molecule has 4 aliphatic rings. The van der Waals surface area contributed by atoms with E-state index in [2.05, 4.69) is 10.2 Å². The van der Waals surface area contributed by atoms with E-state index in [0.717, 1.165) is 40.2 Å². The zero-order chi connectivity index (χ0) is 37.3. The number of aromatic hydroxyl groups is 1. The van der Waals surface area contributed by atoms with Gasteiger partial charge in [0.15, 0.2) is 0 Å². The molecule has 0 spiro atoms. The van der Waals surface area contributed by atoms with Crippen molar-refractivity contribution < 1.29 is 56.5 Å². The molecule has 0 aromatic heterocycles. The first-order valence-electron chi connectivity index (χ1n) is 16.1. The zero-order valence-electron chi connectivity index (χ0n) is 26.8. The summed E-state index contributed by atoms with van der Waals surface area (Å²) in [5.74, 6) is -11.8. The minimum Gasteiger partial charge on any atom is -0.508 e. The highest BCUT2D eigenvalue weighted by Gasteiger charge is 2.70. The molecule has 7 rings (SSSR count). The molecular formula is C36H28ClF4N3O8. The van der Waals surface area contributed by atoms with Gasteiger partial charge in [-0.2, -0.15) is 5.01 Å². The fourth-order valence-corrected chi connectivity index (χ4v) is 8.58. The number of fused-ring (bicyclic) bond motifs is 4. The molecule has 270 valence electrons. The van der Waals surface area contributed by atoms with Crippen LogP contribution < -0.4 is 10.2 Å². The molecule has 4 amide bonds. The van der Waals surface area contributed by atoms with Gasteiger partial charge in [-0.3, -0.25) is 34.3 Å². The molecule has 16 heteroatoms. The lowest BCUT2D eigenvalue weighted by atomic mass is 9.49. The summed E-state index contributed by atoms with van der Waals surface area (Å²) in [4.78, 5) is 69.4. The molecule has 2 saturated heterocycles. The van der Waals surface area contributed by atoms with E-state index < -0.39 is 101 Å². The molecule has 2 aliphatic heterocycles. The number of hydrogen-bond donors (Lipinski definition) is 3. The minimum atomic E-state index is -5.14. The molecule has 1 saturated carbocycles. The third-order valence-corrected chi connectivity index (χ3v) is 10.7. The van der Waals surface area contributed by atoms with Gasteiger partial charge in [-0.1, -0.05) is 35.4 Å². The molecule has 2 heterocycles. The van der Waals surface area contributed by atoms with Crippen molar-refractivity contribution in [2.24, 2.45) is 23.7 Å². The SMILES string of the molecule is O=C(O)CCN1C(=O)[C@H]2[C@H](CC=C3[C@H]2C[C@H]2C(=O)N(Nc4ccc(F)cc4)C(=O)[C@@]2(c2ccc(Cl)cc2)[C@H]3c2cc(OC(F)(F)F)ccc2O)C1=O. The lowest BCUT2D eigenvalue weighted by Crippen LogP contribution is -2.53. The van der Waals surface area contributed by atoms with Crippen molar-refractivity contribution in [3.8, 4) is 11.5 Å². The Kier molecular flexibility index (Phi) is 8.51. The van der Waals surface area contributed by atoms with Gasteiger partial charge in [-0.25, -0.2) is 4.39 Å². The lowest BCUT2D eigenvalue weighted by molar-refractivity contribution is -0.274. The van der Waals surface area contributed by atoms with Gasteiger partial charge >= 0.3 is 12.3 Å². The van der Waals surface area contributed by atoms with E-state index in [4.69, 9.17) is 11.6 Å². The van der Waals surface area contributed by atoms with Crippen molar-refractivity contribution in [1.82, 2.24) is 9.91 Å². The number of carbonyl (C=O) groups excluding carboxylic acids is 4. The van der Waals surface area contributed by atoms with Crippen LogP contribution in [0.2, 0.25) is 5.02 Å². The predicted molar refractivity (Wildman–Crippen MR) is 173 cm³/mol. The first-order valence-corrected chi connectivity index (χ1v) is 16.5. The van der Waals surface area contributed by atoms with Gasteiger partial charge in [-0.15, -0.1) is 13.2 Å². The molecule has 3 aromatic carbocycles. The summed E-state index contributed by atoms with van der Waals surface area (Å²) in [6, 6.07) is 13.5. The number of anilines is 1. The summed E-state index contributed by atoms with van der Waals surface area (Å²) in [6.45, 7) is -0.395. The Morgan fingerprint density at radius 1 is 0.962 bits per heavy atom. The fraction of sp³-hybridized carbons (Fsp3) is 0.306. The number of halogens is 5. The second kappa shape index (κ2) is 12.7. The molecule has 0 bridgehead atoms. The Balaban J connectivity index is 1.45. The number of phenolic OH excluding ortho intramolecular Hbond substituents is 1. The number of hydrazine groups is 1. The number of benzene rings is 3. The van der Waals surface area contributed by atoms with Crippen LogP contribution >= 0.6 is 11.6 Å². The topological polar surface area (TPSA) is 154 Å². The van der Waals surface area contributed by atoms with Crippen LogP contribution in [0, 0.1) is 29.5 Å². The van der Waals surface area contributed by atoms with Gasteiger partial charge < -0.3 is 14.9 Å². The standard InChI is InChI=1S/C36H28ClF4N3O8/c37-18-3-1-17(2-4-18)35-26(32(49)44(34(35)51)42-20-7-5-19(38)6-8-20)16-24-22(30(35)25-15-21(9-12-27(25)45)52-36(39,40)41)10-11-23-29(24)33(50)43(31(23)48)14-13-28(46)47/h1-10,12,15,23-24,26,29-30,42,45H,11,13-14,16H2,(H,46,47)/t23-,24+,26-,29-,30+,35+/m0/s1. The molecule has 11 nitrogen and oxygen atoms in total. The van der Waals surface area contributed by atoms with Gasteiger partial charge in [0.1, 0.15) is 17.3 Å². The van der Waals surface area contributed by atoms with Gasteiger partial charge in [0.05, 0.1) is 35.3 Å². The molecule has 2 aliphatic carbocycles. The van der Waals surface area contributed by atoms with Crippen LogP contribution in [0.15, 0.2) is 78.4 Å². The van der Waals surface area contributed by atoms with E-state index in [1.54, 1.807) is 6.08 Å². The number of nitrogens with one attached hydrogen (secondary N) is 1. The normalized spacial score (nSPS) is 26.9. The number of aliphatic carboxylic acids is 1. The van der Waals surface area contributed by atoms with Gasteiger partial charge in [0.25, 0.3) is 11.8 Å². The van der Waals surface area contributed by atoms with E-state index in [9.17, 15) is 47.0 Å². The molecule has 0 radical (unpaired) electrons. The van der Waals surface area contributed by atoms with E-state index >= 15 is 4.79 Å². The minimum absolute atomic E-state index is 0.0539. The molecule has 0 unspecified atom stereocenters. The summed E-state index contributed by atoms with van der Waals surface area (Å²) in [7, 11) is 0. The Morgan fingerprint density at radius 2 is 1.65 bits per heavy atom. The average molecular weight is 742 g/mol. The van der Waals surface area contributed by atoms with E-state index in [1.165, 1.54) is 36.4 Å². The number of rotatable bonds is 8. The number of hydrogen-bond acceptors (Lipinski definition) is 8. The third kappa shape index (κ3) is 5.63. The maximum absolute atomic E-state index is 15.1. The first-order chi connectivity index (χ1) is 24.6. The van der Waals surface area contributed by atoms with Crippen LogP contribution in [0.5, 0.6) is 11.5 Å². The molecule has 3 fully saturated rings. The maximum atomic E-state index is 15.1. The summed E-state index contributed by atoms with van der Waals surface area (Å²) in [6.07, 6.45) is -4.28. The van der Waals surface area contributed by atoms with Crippen molar-refractivity contribution in [2.45, 2.75) is 37.0 Å². The summed E-state index contributed by atoms with van der Waals surface area (Å²) < 4.78 is 58.5. The number of likely N-dealkylation sites (tertiary alicyclic amines) is 1. The zero-order valence-corrected chi connectivity index (χ0v) is 27.5. The fourth-order valence-electron chi connectivity index (χ4n) is 8.45. The van der Waals surface area contributed by atoms with Crippen molar-refractivity contribution in [3.05, 3.63) is 100 Å². The molecule has 6 atom stereocenters. The highest BCUT2D eigenvalue weighted by Crippen LogP contribution is 2.65. The smallest absolute Gasteiger partial charge is 0.508 e. The number of carboxylic acids is 1. The van der Waals surface area contributed by atoms with Crippen LogP contribution in [0.4, 0.5) is 23.2 Å².